The molecule has 1 aromatic carbocycles. The second kappa shape index (κ2) is 11.7. The maximum Gasteiger partial charge on any atom is 0.267 e. The van der Waals surface area contributed by atoms with Gasteiger partial charge in [0.1, 0.15) is 40.9 Å². The Balaban J connectivity index is 1.87. The molecule has 1 atom stereocenters. The summed E-state index contributed by atoms with van der Waals surface area (Å²) in [4.78, 5) is 31.0. The van der Waals surface area contributed by atoms with Crippen LogP contribution >= 0.6 is 11.6 Å². The number of aryl methyl sites for hydroxylation is 1. The molecule has 0 aliphatic rings. The molecule has 0 fully saturated rings. The van der Waals surface area contributed by atoms with Gasteiger partial charge in [-0.05, 0) is 62.6 Å². The van der Waals surface area contributed by atoms with E-state index in [2.05, 4.69) is 38.7 Å². The monoisotopic (exact) mass is 541 g/mol. The predicted molar refractivity (Wildman–Crippen MR) is 154 cm³/mol. The number of nitrogens with two attached hydrogens (primary N) is 1. The molecule has 0 aliphatic heterocycles. The summed E-state index contributed by atoms with van der Waals surface area (Å²) in [6, 6.07) is 5.66. The zero-order valence-corrected chi connectivity index (χ0v) is 22.3. The minimum Gasteiger partial charge on any atom is -0.382 e. The van der Waals surface area contributed by atoms with E-state index < -0.39 is 11.9 Å². The number of allylic oxidation sites excluding steroid dienone is 5. The maximum absolute atomic E-state index is 13.8. The predicted octanol–water partition coefficient (Wildman–Crippen LogP) is 5.44. The Morgan fingerprint density at radius 1 is 1.23 bits per heavy atom. The highest BCUT2D eigenvalue weighted by Gasteiger charge is 2.22. The van der Waals surface area contributed by atoms with Crippen molar-refractivity contribution in [3.63, 3.8) is 0 Å². The Morgan fingerprint density at radius 2 is 2.03 bits per heavy atom. The lowest BCUT2D eigenvalue weighted by atomic mass is 10.1. The van der Waals surface area contributed by atoms with Crippen molar-refractivity contribution in [3.05, 3.63) is 112 Å². The Kier molecular flexibility index (Phi) is 8.18. The first kappa shape index (κ1) is 27.2. The number of nitrogens with one attached hydrogen (secondary N) is 1. The molecule has 1 unspecified atom stereocenters. The van der Waals surface area contributed by atoms with Gasteiger partial charge in [0, 0.05) is 5.70 Å². The maximum atomic E-state index is 13.8. The van der Waals surface area contributed by atoms with Crippen molar-refractivity contribution in [1.29, 1.82) is 0 Å². The lowest BCUT2D eigenvalue weighted by Crippen LogP contribution is -2.28. The van der Waals surface area contributed by atoms with E-state index in [0.29, 0.717) is 44.5 Å². The molecule has 4 aromatic rings. The van der Waals surface area contributed by atoms with Gasteiger partial charge in [-0.2, -0.15) is 0 Å². The molecular weight excluding hydrogens is 517 g/mol. The molecular formula is C29H25ClFN7O. The third kappa shape index (κ3) is 5.71. The summed E-state index contributed by atoms with van der Waals surface area (Å²) < 4.78 is 14.7. The van der Waals surface area contributed by atoms with Gasteiger partial charge in [-0.25, -0.2) is 24.3 Å². The number of anilines is 2. The first-order chi connectivity index (χ1) is 18.7. The van der Waals surface area contributed by atoms with E-state index in [0.717, 1.165) is 11.8 Å². The smallest absolute Gasteiger partial charge is 0.267 e. The Morgan fingerprint density at radius 3 is 2.72 bits per heavy atom. The molecule has 0 aliphatic carbocycles. The van der Waals surface area contributed by atoms with E-state index >= 15 is 0 Å². The second-order valence-corrected chi connectivity index (χ2v) is 8.89. The number of halogens is 2. The van der Waals surface area contributed by atoms with E-state index in [1.54, 1.807) is 24.3 Å². The van der Waals surface area contributed by atoms with Crippen molar-refractivity contribution >= 4 is 39.8 Å². The first-order valence-electron chi connectivity index (χ1n) is 11.9. The highest BCUT2D eigenvalue weighted by molar-refractivity contribution is 6.35. The van der Waals surface area contributed by atoms with Crippen molar-refractivity contribution in [3.8, 4) is 11.8 Å². The Hall–Kier alpha value is -4.81. The van der Waals surface area contributed by atoms with Crippen molar-refractivity contribution in [1.82, 2.24) is 24.5 Å². The Labute approximate surface area is 229 Å². The summed E-state index contributed by atoms with van der Waals surface area (Å²) in [6.45, 7) is 9.46. The summed E-state index contributed by atoms with van der Waals surface area (Å²) in [5.41, 5.74) is 8.26. The van der Waals surface area contributed by atoms with Crippen LogP contribution < -0.4 is 16.6 Å². The van der Waals surface area contributed by atoms with E-state index in [4.69, 9.17) is 22.3 Å². The summed E-state index contributed by atoms with van der Waals surface area (Å²) in [5, 5.41) is 3.88. The van der Waals surface area contributed by atoms with Gasteiger partial charge < -0.3 is 11.1 Å². The molecule has 0 saturated carbocycles. The molecule has 3 heterocycles. The summed E-state index contributed by atoms with van der Waals surface area (Å²) in [6.07, 6.45) is 9.36. The summed E-state index contributed by atoms with van der Waals surface area (Å²) >= 11 is 6.45. The lowest BCUT2D eigenvalue weighted by Gasteiger charge is -2.21. The minimum atomic E-state index is -0.562. The normalized spacial score (nSPS) is 12.3. The average Bonchev–Trinajstić information content (AvgIpc) is 2.92. The van der Waals surface area contributed by atoms with Crippen molar-refractivity contribution < 1.29 is 4.39 Å². The van der Waals surface area contributed by atoms with Gasteiger partial charge in [-0.15, -0.1) is 0 Å². The van der Waals surface area contributed by atoms with E-state index in [-0.39, 0.29) is 11.4 Å². The van der Waals surface area contributed by atoms with E-state index in [1.807, 2.05) is 32.9 Å². The van der Waals surface area contributed by atoms with Crippen LogP contribution in [0.5, 0.6) is 0 Å². The highest BCUT2D eigenvalue weighted by Crippen LogP contribution is 2.27. The van der Waals surface area contributed by atoms with E-state index in [1.165, 1.54) is 23.0 Å². The molecule has 3 N–H and O–H groups in total. The Bertz CT molecular complexity index is 1750. The molecule has 0 spiro atoms. The van der Waals surface area contributed by atoms with Gasteiger partial charge in [-0.3, -0.25) is 9.36 Å². The third-order valence-corrected chi connectivity index (χ3v) is 6.10. The molecule has 8 nitrogen and oxygen atoms in total. The van der Waals surface area contributed by atoms with Gasteiger partial charge in [0.15, 0.2) is 0 Å². The van der Waals surface area contributed by atoms with Crippen LogP contribution in [-0.4, -0.2) is 24.5 Å². The molecule has 196 valence electrons. The minimum absolute atomic E-state index is 0.139. The van der Waals surface area contributed by atoms with Crippen LogP contribution in [0.4, 0.5) is 16.0 Å². The van der Waals surface area contributed by atoms with Crippen LogP contribution in [0, 0.1) is 24.6 Å². The van der Waals surface area contributed by atoms with Gasteiger partial charge in [-0.1, -0.05) is 42.3 Å². The number of hydrogen-bond donors (Lipinski definition) is 2. The van der Waals surface area contributed by atoms with Gasteiger partial charge in [0.25, 0.3) is 5.56 Å². The fraction of sp³-hybridized carbons (Fsp3) is 0.138. The number of benzene rings is 1. The average molecular weight is 542 g/mol. The van der Waals surface area contributed by atoms with Crippen LogP contribution in [0.25, 0.3) is 16.6 Å². The quantitative estimate of drug-likeness (QED) is 0.247. The number of pyridine rings is 1. The van der Waals surface area contributed by atoms with Crippen LogP contribution in [0.15, 0.2) is 72.5 Å². The number of nitrogen functional groups attached to an aromatic ring is 1. The van der Waals surface area contributed by atoms with Crippen molar-refractivity contribution in [2.24, 2.45) is 0 Å². The lowest BCUT2D eigenvalue weighted by molar-refractivity contribution is 0.621. The molecule has 0 amide bonds. The molecule has 10 heteroatoms. The molecule has 0 radical (unpaired) electrons. The van der Waals surface area contributed by atoms with Crippen LogP contribution in [0.2, 0.25) is 5.02 Å². The molecule has 0 bridgehead atoms. The molecule has 4 rings (SSSR count). The van der Waals surface area contributed by atoms with Gasteiger partial charge >= 0.3 is 0 Å². The van der Waals surface area contributed by atoms with Gasteiger partial charge in [0.2, 0.25) is 0 Å². The molecule has 0 saturated heterocycles. The number of fused-ring (bicyclic) bond motifs is 1. The number of rotatable bonds is 6. The van der Waals surface area contributed by atoms with E-state index in [9.17, 15) is 9.18 Å². The zero-order chi connectivity index (χ0) is 28.1. The fourth-order valence-electron chi connectivity index (χ4n) is 3.85. The third-order valence-electron chi connectivity index (χ3n) is 5.79. The largest absolute Gasteiger partial charge is 0.382 e. The SMILES string of the molecule is C=C/C(=C\C=C/C)n1c(C(C)Nc2ncnc(N)c2C#Cc2ccc(F)cn2)nc2c(C)ccc(Cl)c2c1=O. The van der Waals surface area contributed by atoms with Crippen LogP contribution in [0.1, 0.15) is 42.5 Å². The van der Waals surface area contributed by atoms with Crippen molar-refractivity contribution in [2.45, 2.75) is 26.8 Å². The number of aromatic nitrogens is 5. The summed E-state index contributed by atoms with van der Waals surface area (Å²) in [5.74, 6) is 6.16. The highest BCUT2D eigenvalue weighted by atomic mass is 35.5. The zero-order valence-electron chi connectivity index (χ0n) is 21.5. The summed E-state index contributed by atoms with van der Waals surface area (Å²) in [7, 11) is 0. The number of nitrogens with zero attached hydrogens (tertiary/aromatic N) is 5. The van der Waals surface area contributed by atoms with Gasteiger partial charge in [0.05, 0.1) is 28.2 Å². The fourth-order valence-corrected chi connectivity index (χ4v) is 4.08. The van der Waals surface area contributed by atoms with Crippen LogP contribution in [0.3, 0.4) is 0 Å². The first-order valence-corrected chi connectivity index (χ1v) is 12.3. The topological polar surface area (TPSA) is 112 Å². The molecule has 3 aromatic heterocycles. The number of hydrogen-bond acceptors (Lipinski definition) is 7. The standard InChI is InChI=1S/C29H25ClFN7O/c1-5-7-8-21(6-2)38-28(37-25-17(3)9-14-23(30)24(25)29(38)39)18(4)36-27-22(26(32)34-16-35-27)13-12-20-11-10-19(31)15-33-20/h5-11,14-16,18H,2H2,1,3-4H3,(H3,32,34,35,36)/b7-5-,21-8+. The second-order valence-electron chi connectivity index (χ2n) is 8.48. The van der Waals surface area contributed by atoms with Crippen molar-refractivity contribution in [2.75, 3.05) is 11.1 Å². The molecule has 39 heavy (non-hydrogen) atoms. The van der Waals surface area contributed by atoms with Crippen LogP contribution in [-0.2, 0) is 0 Å².